The van der Waals surface area contributed by atoms with Crippen molar-refractivity contribution in [1.82, 2.24) is 9.88 Å². The summed E-state index contributed by atoms with van der Waals surface area (Å²) in [5.74, 6) is 0.969. The second-order valence-corrected chi connectivity index (χ2v) is 5.88. The molecule has 0 unspecified atom stereocenters. The first-order valence-electron chi connectivity index (χ1n) is 7.68. The third-order valence-electron chi connectivity index (χ3n) is 4.06. The van der Waals surface area contributed by atoms with Gasteiger partial charge >= 0.3 is 0 Å². The first-order chi connectivity index (χ1) is 10.1. The number of nitrogens with zero attached hydrogens (tertiary/aromatic N) is 2. The van der Waals surface area contributed by atoms with Gasteiger partial charge in [-0.3, -0.25) is 4.79 Å². The highest BCUT2D eigenvalue weighted by molar-refractivity contribution is 5.95. The van der Waals surface area contributed by atoms with Gasteiger partial charge in [-0.1, -0.05) is 13.8 Å². The standard InChI is InChI=1S/C16H25N3O2/c1-11(2)14-9-12(10-15(17-3)18-14)16(21)19(7-8-20)13-5-4-6-13/h9-11,13,20H,4-8H2,1-3H3,(H,17,18). The van der Waals surface area contributed by atoms with Crippen LogP contribution in [0.3, 0.4) is 0 Å². The molecule has 0 bridgehead atoms. The second-order valence-electron chi connectivity index (χ2n) is 5.88. The van der Waals surface area contributed by atoms with Crippen LogP contribution in [0.4, 0.5) is 5.82 Å². The maximum Gasteiger partial charge on any atom is 0.254 e. The topological polar surface area (TPSA) is 65.5 Å². The molecule has 0 spiro atoms. The number of pyridine rings is 1. The van der Waals surface area contributed by atoms with E-state index >= 15 is 0 Å². The van der Waals surface area contributed by atoms with E-state index in [2.05, 4.69) is 24.1 Å². The van der Waals surface area contributed by atoms with Gasteiger partial charge < -0.3 is 15.3 Å². The zero-order chi connectivity index (χ0) is 15.4. The van der Waals surface area contributed by atoms with Crippen molar-refractivity contribution in [3.8, 4) is 0 Å². The molecule has 0 radical (unpaired) electrons. The summed E-state index contributed by atoms with van der Waals surface area (Å²) < 4.78 is 0. The van der Waals surface area contributed by atoms with Crippen molar-refractivity contribution >= 4 is 11.7 Å². The summed E-state index contributed by atoms with van der Waals surface area (Å²) in [4.78, 5) is 19.1. The fourth-order valence-electron chi connectivity index (χ4n) is 2.52. The molecular formula is C16H25N3O2. The van der Waals surface area contributed by atoms with Crippen molar-refractivity contribution in [2.45, 2.75) is 45.1 Å². The van der Waals surface area contributed by atoms with Crippen LogP contribution >= 0.6 is 0 Å². The van der Waals surface area contributed by atoms with E-state index in [0.29, 0.717) is 17.9 Å². The molecule has 1 aliphatic rings. The van der Waals surface area contributed by atoms with E-state index in [4.69, 9.17) is 0 Å². The Labute approximate surface area is 126 Å². The monoisotopic (exact) mass is 291 g/mol. The molecule has 0 aliphatic heterocycles. The van der Waals surface area contributed by atoms with Crippen LogP contribution in [0.25, 0.3) is 0 Å². The summed E-state index contributed by atoms with van der Waals surface area (Å²) >= 11 is 0. The van der Waals surface area contributed by atoms with Gasteiger partial charge in [-0.2, -0.15) is 0 Å². The lowest BCUT2D eigenvalue weighted by molar-refractivity contribution is 0.0525. The molecule has 2 N–H and O–H groups in total. The average Bonchev–Trinajstić information content (AvgIpc) is 2.43. The second kappa shape index (κ2) is 6.89. The number of aliphatic hydroxyl groups is 1. The summed E-state index contributed by atoms with van der Waals surface area (Å²) in [5.41, 5.74) is 1.56. The van der Waals surface area contributed by atoms with Gasteiger partial charge in [0.05, 0.1) is 6.61 Å². The van der Waals surface area contributed by atoms with Gasteiger partial charge in [0.1, 0.15) is 5.82 Å². The minimum Gasteiger partial charge on any atom is -0.395 e. The molecule has 0 aromatic carbocycles. The number of anilines is 1. The predicted octanol–water partition coefficient (Wildman–Crippen LogP) is 2.23. The molecule has 0 saturated heterocycles. The molecule has 1 fully saturated rings. The zero-order valence-electron chi connectivity index (χ0n) is 13.1. The Bertz CT molecular complexity index is 498. The number of aliphatic hydroxyl groups excluding tert-OH is 1. The van der Waals surface area contributed by atoms with Gasteiger partial charge in [-0.25, -0.2) is 4.98 Å². The lowest BCUT2D eigenvalue weighted by atomic mass is 9.91. The fourth-order valence-corrected chi connectivity index (χ4v) is 2.52. The Kier molecular flexibility index (Phi) is 5.17. The summed E-state index contributed by atoms with van der Waals surface area (Å²) in [5, 5.41) is 12.2. The van der Waals surface area contributed by atoms with Crippen molar-refractivity contribution in [2.75, 3.05) is 25.5 Å². The van der Waals surface area contributed by atoms with Crippen LogP contribution in [-0.2, 0) is 0 Å². The normalized spacial score (nSPS) is 14.9. The SMILES string of the molecule is CNc1cc(C(=O)N(CCO)C2CCC2)cc(C(C)C)n1. The summed E-state index contributed by atoms with van der Waals surface area (Å²) in [6, 6.07) is 3.94. The number of amides is 1. The van der Waals surface area contributed by atoms with Gasteiger partial charge in [0.2, 0.25) is 0 Å². The van der Waals surface area contributed by atoms with Crippen LogP contribution in [0.1, 0.15) is 55.1 Å². The van der Waals surface area contributed by atoms with Gasteiger partial charge in [-0.15, -0.1) is 0 Å². The van der Waals surface area contributed by atoms with Crippen molar-refractivity contribution < 1.29 is 9.90 Å². The molecule has 1 aromatic heterocycles. The molecule has 1 aromatic rings. The highest BCUT2D eigenvalue weighted by Crippen LogP contribution is 2.27. The molecule has 116 valence electrons. The molecule has 1 heterocycles. The number of carbonyl (C=O) groups is 1. The Morgan fingerprint density at radius 3 is 2.67 bits per heavy atom. The number of aromatic nitrogens is 1. The first-order valence-corrected chi connectivity index (χ1v) is 7.68. The number of nitrogens with one attached hydrogen (secondary N) is 1. The molecular weight excluding hydrogens is 266 g/mol. The molecule has 1 aliphatic carbocycles. The Morgan fingerprint density at radius 1 is 1.48 bits per heavy atom. The van der Waals surface area contributed by atoms with E-state index in [1.807, 2.05) is 11.0 Å². The van der Waals surface area contributed by atoms with Gasteiger partial charge in [0.15, 0.2) is 0 Å². The number of carbonyl (C=O) groups excluding carboxylic acids is 1. The van der Waals surface area contributed by atoms with E-state index in [0.717, 1.165) is 25.0 Å². The van der Waals surface area contributed by atoms with Crippen molar-refractivity contribution in [1.29, 1.82) is 0 Å². The highest BCUT2D eigenvalue weighted by Gasteiger charge is 2.29. The largest absolute Gasteiger partial charge is 0.395 e. The molecule has 1 amide bonds. The smallest absolute Gasteiger partial charge is 0.254 e. The summed E-state index contributed by atoms with van der Waals surface area (Å²) in [7, 11) is 1.80. The zero-order valence-corrected chi connectivity index (χ0v) is 13.1. The molecule has 21 heavy (non-hydrogen) atoms. The first kappa shape index (κ1) is 15.8. The van der Waals surface area contributed by atoms with Crippen LogP contribution in [0, 0.1) is 0 Å². The Hall–Kier alpha value is -1.62. The summed E-state index contributed by atoms with van der Waals surface area (Å²) in [6.45, 7) is 4.53. The Balaban J connectivity index is 2.29. The van der Waals surface area contributed by atoms with Crippen molar-refractivity contribution in [2.24, 2.45) is 0 Å². The van der Waals surface area contributed by atoms with E-state index in [-0.39, 0.29) is 24.5 Å². The van der Waals surface area contributed by atoms with Gasteiger partial charge in [0.25, 0.3) is 5.91 Å². The number of hydrogen-bond donors (Lipinski definition) is 2. The quantitative estimate of drug-likeness (QED) is 0.843. The lowest BCUT2D eigenvalue weighted by Crippen LogP contribution is -2.45. The van der Waals surface area contributed by atoms with Crippen LogP contribution in [0.15, 0.2) is 12.1 Å². The van der Waals surface area contributed by atoms with E-state index in [1.54, 1.807) is 13.1 Å². The van der Waals surface area contributed by atoms with Crippen molar-refractivity contribution in [3.63, 3.8) is 0 Å². The van der Waals surface area contributed by atoms with Crippen molar-refractivity contribution in [3.05, 3.63) is 23.4 Å². The lowest BCUT2D eigenvalue weighted by Gasteiger charge is -2.37. The minimum atomic E-state index is -0.00505. The molecule has 5 heteroatoms. The van der Waals surface area contributed by atoms with Gasteiger partial charge in [0, 0.05) is 30.9 Å². The molecule has 0 atom stereocenters. The maximum atomic E-state index is 12.8. The third kappa shape index (κ3) is 3.53. The van der Waals surface area contributed by atoms with Crippen LogP contribution in [0.2, 0.25) is 0 Å². The molecule has 2 rings (SSSR count). The van der Waals surface area contributed by atoms with Crippen LogP contribution in [0.5, 0.6) is 0 Å². The fraction of sp³-hybridized carbons (Fsp3) is 0.625. The van der Waals surface area contributed by atoms with Crippen LogP contribution in [-0.4, -0.2) is 47.1 Å². The number of rotatable bonds is 6. The number of hydrogen-bond acceptors (Lipinski definition) is 4. The molecule has 1 saturated carbocycles. The van der Waals surface area contributed by atoms with E-state index in [1.165, 1.54) is 0 Å². The predicted molar refractivity (Wildman–Crippen MR) is 83.6 cm³/mol. The average molecular weight is 291 g/mol. The van der Waals surface area contributed by atoms with E-state index < -0.39 is 0 Å². The minimum absolute atomic E-state index is 0.00322. The third-order valence-corrected chi connectivity index (χ3v) is 4.06. The Morgan fingerprint density at radius 2 is 2.19 bits per heavy atom. The van der Waals surface area contributed by atoms with Gasteiger partial charge in [-0.05, 0) is 37.3 Å². The van der Waals surface area contributed by atoms with E-state index in [9.17, 15) is 9.90 Å². The maximum absolute atomic E-state index is 12.8. The summed E-state index contributed by atoms with van der Waals surface area (Å²) in [6.07, 6.45) is 3.23. The van der Waals surface area contributed by atoms with Crippen LogP contribution < -0.4 is 5.32 Å². The molecule has 5 nitrogen and oxygen atoms in total. The highest BCUT2D eigenvalue weighted by atomic mass is 16.3.